The molecule has 0 unspecified atom stereocenters. The van der Waals surface area contributed by atoms with Crippen LogP contribution in [0.1, 0.15) is 11.1 Å². The topological polar surface area (TPSA) is 223 Å². The van der Waals surface area contributed by atoms with Crippen molar-refractivity contribution in [3.8, 4) is 17.2 Å². The van der Waals surface area contributed by atoms with Gasteiger partial charge < -0.3 is 20.3 Å². The Morgan fingerprint density at radius 1 is 0.805 bits per heavy atom. The van der Waals surface area contributed by atoms with Crippen LogP contribution in [0.5, 0.6) is 17.2 Å². The highest BCUT2D eigenvalue weighted by atomic mass is 16.6. The molecule has 0 saturated heterocycles. The SMILES string of the molecule is COc1ccccc1Nc1cc(NN=Cc2cc([N+](=O)[O-])ccc2O)nc(NN=Cc2cc([N+](=O)[O-])ccc2O)n1. The van der Waals surface area contributed by atoms with Crippen LogP contribution in [0.25, 0.3) is 0 Å². The van der Waals surface area contributed by atoms with Gasteiger partial charge in [-0.1, -0.05) is 12.1 Å². The van der Waals surface area contributed by atoms with Crippen molar-refractivity contribution in [3.63, 3.8) is 0 Å². The second-order valence-electron chi connectivity index (χ2n) is 8.03. The van der Waals surface area contributed by atoms with Gasteiger partial charge in [-0.05, 0) is 24.3 Å². The molecule has 0 aliphatic carbocycles. The van der Waals surface area contributed by atoms with E-state index < -0.39 is 9.85 Å². The number of aromatic hydroxyl groups is 2. The maximum Gasteiger partial charge on any atom is 0.270 e. The minimum atomic E-state index is -0.605. The quantitative estimate of drug-likeness (QED) is 0.0982. The standard InChI is InChI=1S/C25H21N9O7/c1-41-22-5-3-2-4-19(22)28-23-12-24(31-26-13-15-10-17(33(37)38)6-8-20(15)35)30-25(29-23)32-27-14-16-11-18(34(39)40)7-9-21(16)36/h2-14,35-36H,1H3,(H3,28,29,30,31,32). The van der Waals surface area contributed by atoms with Gasteiger partial charge in [0.1, 0.15) is 23.1 Å². The van der Waals surface area contributed by atoms with E-state index in [1.54, 1.807) is 24.3 Å². The number of ether oxygens (including phenoxy) is 1. The van der Waals surface area contributed by atoms with E-state index in [1.807, 2.05) is 0 Å². The van der Waals surface area contributed by atoms with Crippen molar-refractivity contribution in [1.82, 2.24) is 9.97 Å². The Morgan fingerprint density at radius 3 is 1.95 bits per heavy atom. The predicted octanol–water partition coefficient (Wildman–Crippen LogP) is 4.35. The van der Waals surface area contributed by atoms with Gasteiger partial charge in [0.15, 0.2) is 5.82 Å². The summed E-state index contributed by atoms with van der Waals surface area (Å²) in [6.07, 6.45) is 2.33. The monoisotopic (exact) mass is 559 g/mol. The molecule has 4 aromatic rings. The van der Waals surface area contributed by atoms with Crippen LogP contribution in [0.15, 0.2) is 76.9 Å². The highest BCUT2D eigenvalue weighted by Gasteiger charge is 2.11. The number of nitrogens with zero attached hydrogens (tertiary/aromatic N) is 6. The average molecular weight is 559 g/mol. The summed E-state index contributed by atoms with van der Waals surface area (Å²) in [4.78, 5) is 29.5. The molecule has 0 saturated carbocycles. The van der Waals surface area contributed by atoms with Crippen molar-refractivity contribution in [3.05, 3.63) is 98.1 Å². The normalized spacial score (nSPS) is 11.0. The first kappa shape index (κ1) is 27.7. The van der Waals surface area contributed by atoms with Crippen LogP contribution in [-0.4, -0.2) is 49.6 Å². The largest absolute Gasteiger partial charge is 0.507 e. The van der Waals surface area contributed by atoms with Gasteiger partial charge in [0, 0.05) is 41.5 Å². The number of phenolic OH excluding ortho intramolecular Hbond substituents is 2. The van der Waals surface area contributed by atoms with Gasteiger partial charge in [-0.2, -0.15) is 20.2 Å². The molecule has 5 N–H and O–H groups in total. The number of aromatic nitrogens is 2. The Kier molecular flexibility index (Phi) is 8.44. The van der Waals surface area contributed by atoms with E-state index in [9.17, 15) is 30.4 Å². The number of phenols is 2. The van der Waals surface area contributed by atoms with Gasteiger partial charge in [-0.25, -0.2) is 5.43 Å². The zero-order chi connectivity index (χ0) is 29.4. The van der Waals surface area contributed by atoms with E-state index in [4.69, 9.17) is 4.74 Å². The number of methoxy groups -OCH3 is 1. The van der Waals surface area contributed by atoms with Crippen LogP contribution < -0.4 is 20.9 Å². The van der Waals surface area contributed by atoms with E-state index >= 15 is 0 Å². The fourth-order valence-corrected chi connectivity index (χ4v) is 3.35. The van der Waals surface area contributed by atoms with E-state index in [1.165, 1.54) is 31.5 Å². The van der Waals surface area contributed by atoms with Crippen LogP contribution in [0.4, 0.5) is 34.6 Å². The van der Waals surface area contributed by atoms with Crippen molar-refractivity contribution >= 4 is 47.1 Å². The zero-order valence-electron chi connectivity index (χ0n) is 21.1. The van der Waals surface area contributed by atoms with E-state index in [0.29, 0.717) is 11.4 Å². The minimum absolute atomic E-state index is 0.0398. The number of hydrogen-bond donors (Lipinski definition) is 5. The molecule has 1 aromatic heterocycles. The number of nitro benzene ring substituents is 2. The summed E-state index contributed by atoms with van der Waals surface area (Å²) < 4.78 is 5.35. The van der Waals surface area contributed by atoms with Gasteiger partial charge in [-0.3, -0.25) is 25.7 Å². The van der Waals surface area contributed by atoms with Crippen molar-refractivity contribution < 1.29 is 24.8 Å². The summed E-state index contributed by atoms with van der Waals surface area (Å²) in [7, 11) is 1.51. The number of hydrazone groups is 2. The third kappa shape index (κ3) is 7.17. The molecule has 0 atom stereocenters. The van der Waals surface area contributed by atoms with Gasteiger partial charge >= 0.3 is 0 Å². The van der Waals surface area contributed by atoms with Crippen LogP contribution in [-0.2, 0) is 0 Å². The fourth-order valence-electron chi connectivity index (χ4n) is 3.35. The first-order valence-electron chi connectivity index (χ1n) is 11.6. The second kappa shape index (κ2) is 12.5. The van der Waals surface area contributed by atoms with Crippen LogP contribution in [0, 0.1) is 20.2 Å². The number of para-hydroxylation sites is 2. The van der Waals surface area contributed by atoms with Crippen LogP contribution >= 0.6 is 0 Å². The molecule has 16 nitrogen and oxygen atoms in total. The molecular formula is C25H21N9O7. The number of rotatable bonds is 11. The minimum Gasteiger partial charge on any atom is -0.507 e. The Labute approximate surface area is 231 Å². The predicted molar refractivity (Wildman–Crippen MR) is 150 cm³/mol. The maximum absolute atomic E-state index is 11.0. The molecule has 4 rings (SSSR count). The molecule has 0 radical (unpaired) electrons. The zero-order valence-corrected chi connectivity index (χ0v) is 21.1. The summed E-state index contributed by atoms with van der Waals surface area (Å²) in [5, 5.41) is 53.1. The van der Waals surface area contributed by atoms with Crippen LogP contribution in [0.3, 0.4) is 0 Å². The Bertz CT molecular complexity index is 1570. The Morgan fingerprint density at radius 2 is 1.37 bits per heavy atom. The third-order valence-electron chi connectivity index (χ3n) is 5.29. The summed E-state index contributed by atoms with van der Waals surface area (Å²) >= 11 is 0. The molecule has 0 fully saturated rings. The number of nitro groups is 2. The molecular weight excluding hydrogens is 538 g/mol. The van der Waals surface area contributed by atoms with Crippen molar-refractivity contribution in [1.29, 1.82) is 0 Å². The van der Waals surface area contributed by atoms with Crippen molar-refractivity contribution in [2.75, 3.05) is 23.3 Å². The highest BCUT2D eigenvalue weighted by molar-refractivity contribution is 5.85. The molecule has 0 bridgehead atoms. The molecule has 3 aromatic carbocycles. The van der Waals surface area contributed by atoms with Gasteiger partial charge in [0.25, 0.3) is 11.4 Å². The molecule has 0 aliphatic heterocycles. The third-order valence-corrected chi connectivity index (χ3v) is 5.29. The molecule has 16 heteroatoms. The molecule has 0 spiro atoms. The molecule has 208 valence electrons. The lowest BCUT2D eigenvalue weighted by Crippen LogP contribution is -2.05. The van der Waals surface area contributed by atoms with Gasteiger partial charge in [0.2, 0.25) is 5.95 Å². The van der Waals surface area contributed by atoms with E-state index in [-0.39, 0.29) is 51.6 Å². The number of benzene rings is 3. The molecule has 0 amide bonds. The first-order valence-corrected chi connectivity index (χ1v) is 11.6. The highest BCUT2D eigenvalue weighted by Crippen LogP contribution is 2.28. The van der Waals surface area contributed by atoms with Gasteiger partial charge in [-0.15, -0.1) is 0 Å². The summed E-state index contributed by atoms with van der Waals surface area (Å²) in [5.41, 5.74) is 5.54. The molecule has 1 heterocycles. The number of nitrogens with one attached hydrogen (secondary N) is 3. The van der Waals surface area contributed by atoms with Crippen molar-refractivity contribution in [2.45, 2.75) is 0 Å². The molecule has 41 heavy (non-hydrogen) atoms. The summed E-state index contributed by atoms with van der Waals surface area (Å²) in [5.74, 6) is 0.472. The van der Waals surface area contributed by atoms with E-state index in [0.717, 1.165) is 30.5 Å². The molecule has 0 aliphatic rings. The number of non-ortho nitro benzene ring substituents is 2. The van der Waals surface area contributed by atoms with Crippen molar-refractivity contribution in [2.24, 2.45) is 10.2 Å². The lowest BCUT2D eigenvalue weighted by molar-refractivity contribution is -0.385. The fraction of sp³-hybridized carbons (Fsp3) is 0.0400. The second-order valence-corrected chi connectivity index (χ2v) is 8.03. The summed E-state index contributed by atoms with van der Waals surface area (Å²) in [6, 6.07) is 15.5. The maximum atomic E-state index is 11.0. The Hall–Kier alpha value is -6.32. The first-order chi connectivity index (χ1) is 19.7. The summed E-state index contributed by atoms with van der Waals surface area (Å²) in [6.45, 7) is 0. The van der Waals surface area contributed by atoms with E-state index in [2.05, 4.69) is 36.3 Å². The lowest BCUT2D eigenvalue weighted by atomic mass is 10.2. The smallest absolute Gasteiger partial charge is 0.270 e. The lowest BCUT2D eigenvalue weighted by Gasteiger charge is -2.12. The van der Waals surface area contributed by atoms with Gasteiger partial charge in [0.05, 0.1) is 35.1 Å². The Balaban J connectivity index is 1.61. The number of hydrogen-bond acceptors (Lipinski definition) is 14. The van der Waals surface area contributed by atoms with Crippen LogP contribution in [0.2, 0.25) is 0 Å². The average Bonchev–Trinajstić information content (AvgIpc) is 2.95. The number of anilines is 4.